The number of carbonyl (C=O) groups is 2. The van der Waals surface area contributed by atoms with Crippen LogP contribution in [-0.2, 0) is 19.7 Å². The largest absolute Gasteiger partial charge is 0.376 e. The van der Waals surface area contributed by atoms with Gasteiger partial charge in [-0.3, -0.25) is 9.59 Å². The monoisotopic (exact) mass is 579 g/mol. The minimum Gasteiger partial charge on any atom is -0.376 e. The van der Waals surface area contributed by atoms with Crippen molar-refractivity contribution in [3.8, 4) is 5.75 Å². The molecule has 0 saturated carbocycles. The molecule has 37 heavy (non-hydrogen) atoms. The van der Waals surface area contributed by atoms with Gasteiger partial charge in [0.2, 0.25) is 0 Å². The highest BCUT2D eigenvalue weighted by Gasteiger charge is 2.43. The summed E-state index contributed by atoms with van der Waals surface area (Å²) in [5.74, 6) is -0.813. The third-order valence-corrected chi connectivity index (χ3v) is 9.10. The molecule has 1 heterocycles. The fourth-order valence-electron chi connectivity index (χ4n) is 5.52. The molecule has 5 rings (SSSR count). The summed E-state index contributed by atoms with van der Waals surface area (Å²) in [4.78, 5) is 28.6. The predicted molar refractivity (Wildman–Crippen MR) is 143 cm³/mol. The number of ketones is 2. The second-order valence-electron chi connectivity index (χ2n) is 9.26. The highest BCUT2D eigenvalue weighted by atomic mass is 35.5. The summed E-state index contributed by atoms with van der Waals surface area (Å²) in [5.41, 5.74) is 3.69. The molecule has 0 spiro atoms. The van der Waals surface area contributed by atoms with Crippen molar-refractivity contribution < 1.29 is 22.2 Å². The Kier molecular flexibility index (Phi) is 7.18. The molecule has 0 aromatic heterocycles. The van der Waals surface area contributed by atoms with Crippen LogP contribution in [0.15, 0.2) is 63.8 Å². The minimum atomic E-state index is -4.24. The normalized spacial score (nSPS) is 18.8. The topological polar surface area (TPSA) is 80.8 Å². The van der Waals surface area contributed by atoms with Gasteiger partial charge in [-0.2, -0.15) is 8.42 Å². The highest BCUT2D eigenvalue weighted by molar-refractivity contribution is 7.87. The first-order chi connectivity index (χ1) is 17.6. The Morgan fingerprint density at radius 3 is 1.86 bits per heavy atom. The van der Waals surface area contributed by atoms with Gasteiger partial charge in [0.15, 0.2) is 17.3 Å². The maximum Gasteiger partial charge on any atom is 0.339 e. The lowest BCUT2D eigenvalue weighted by molar-refractivity contribution is -0.117. The second-order valence-corrected chi connectivity index (χ2v) is 12.1. The first-order valence-electron chi connectivity index (χ1n) is 12.1. The van der Waals surface area contributed by atoms with Crippen molar-refractivity contribution in [2.24, 2.45) is 0 Å². The molecule has 194 valence electrons. The number of allylic oxidation sites excluding steroid dienone is 4. The fourth-order valence-corrected chi connectivity index (χ4v) is 7.28. The Labute approximate surface area is 231 Å². The molecular formula is C27H24Cl3NO5S. The van der Waals surface area contributed by atoms with E-state index in [0.29, 0.717) is 41.1 Å². The van der Waals surface area contributed by atoms with Crippen LogP contribution in [0, 0.1) is 0 Å². The number of benzene rings is 2. The van der Waals surface area contributed by atoms with E-state index in [4.69, 9.17) is 39.0 Å². The molecule has 6 nitrogen and oxygen atoms in total. The fraction of sp³-hybridized carbons (Fsp3) is 0.333. The van der Waals surface area contributed by atoms with Gasteiger partial charge in [-0.1, -0.05) is 34.8 Å². The average Bonchev–Trinajstić information content (AvgIpc) is 2.85. The van der Waals surface area contributed by atoms with Gasteiger partial charge in [0.1, 0.15) is 4.90 Å². The van der Waals surface area contributed by atoms with Crippen LogP contribution in [-0.4, -0.2) is 31.4 Å². The summed E-state index contributed by atoms with van der Waals surface area (Å²) in [7, 11) is -4.24. The van der Waals surface area contributed by atoms with E-state index < -0.39 is 16.0 Å². The smallest absolute Gasteiger partial charge is 0.339 e. The van der Waals surface area contributed by atoms with Crippen LogP contribution in [0.4, 0.5) is 0 Å². The summed E-state index contributed by atoms with van der Waals surface area (Å²) >= 11 is 19.0. The maximum absolute atomic E-state index is 13.3. The third-order valence-electron chi connectivity index (χ3n) is 7.05. The van der Waals surface area contributed by atoms with Crippen molar-refractivity contribution in [1.82, 2.24) is 4.90 Å². The van der Waals surface area contributed by atoms with E-state index in [0.717, 1.165) is 37.1 Å². The Bertz CT molecular complexity index is 1410. The van der Waals surface area contributed by atoms with Crippen LogP contribution in [0.1, 0.15) is 56.9 Å². The van der Waals surface area contributed by atoms with Crippen molar-refractivity contribution in [1.29, 1.82) is 0 Å². The van der Waals surface area contributed by atoms with Crippen LogP contribution in [0.25, 0.3) is 0 Å². The Morgan fingerprint density at radius 2 is 1.38 bits per heavy atom. The number of Topliss-reactive ketones (excluding diaryl/α,β-unsaturated/α-hetero) is 2. The first-order valence-corrected chi connectivity index (χ1v) is 14.7. The van der Waals surface area contributed by atoms with E-state index in [1.54, 1.807) is 12.1 Å². The molecule has 0 amide bonds. The molecule has 1 aliphatic heterocycles. The molecular weight excluding hydrogens is 557 g/mol. The van der Waals surface area contributed by atoms with E-state index in [1.807, 2.05) is 6.92 Å². The van der Waals surface area contributed by atoms with Crippen LogP contribution < -0.4 is 4.18 Å². The zero-order chi connectivity index (χ0) is 26.5. The van der Waals surface area contributed by atoms with E-state index in [1.165, 1.54) is 24.3 Å². The van der Waals surface area contributed by atoms with Gasteiger partial charge in [0.05, 0.1) is 10.0 Å². The molecule has 10 heteroatoms. The molecule has 2 aliphatic carbocycles. The first kappa shape index (κ1) is 26.3. The van der Waals surface area contributed by atoms with Crippen molar-refractivity contribution in [2.75, 3.05) is 6.54 Å². The van der Waals surface area contributed by atoms with Gasteiger partial charge in [-0.15, -0.1) is 0 Å². The number of nitrogens with zero attached hydrogens (tertiary/aromatic N) is 1. The number of halogens is 3. The summed E-state index contributed by atoms with van der Waals surface area (Å²) in [6.07, 6.45) is 3.83. The average molecular weight is 581 g/mol. The molecule has 0 N–H and O–H groups in total. The van der Waals surface area contributed by atoms with Crippen molar-refractivity contribution in [2.45, 2.75) is 56.3 Å². The van der Waals surface area contributed by atoms with Crippen molar-refractivity contribution in [3.63, 3.8) is 0 Å². The number of hydrogen-bond donors (Lipinski definition) is 0. The molecule has 0 saturated heterocycles. The second kappa shape index (κ2) is 10.1. The Hall–Kier alpha value is -2.32. The molecule has 0 atom stereocenters. The minimum absolute atomic E-state index is 0.00695. The lowest BCUT2D eigenvalue weighted by Crippen LogP contribution is -2.39. The summed E-state index contributed by atoms with van der Waals surface area (Å²) in [6.45, 7) is 2.69. The summed E-state index contributed by atoms with van der Waals surface area (Å²) in [5, 5.41) is 0.313. The zero-order valence-electron chi connectivity index (χ0n) is 20.0. The Balaban J connectivity index is 1.61. The van der Waals surface area contributed by atoms with Crippen LogP contribution in [0.5, 0.6) is 5.75 Å². The summed E-state index contributed by atoms with van der Waals surface area (Å²) in [6, 6.07) is 8.61. The Morgan fingerprint density at radius 1 is 0.865 bits per heavy atom. The molecule has 0 fully saturated rings. The SMILES string of the molecule is CCN1C2=C(C(=O)CCC2)C(c2cc(Cl)c(OS(=O)(=O)c3ccc(Cl)cc3)c(Cl)c2)C2=C1CCCC2=O. The van der Waals surface area contributed by atoms with Gasteiger partial charge in [0, 0.05) is 52.9 Å². The standard InChI is InChI=1S/C27H24Cl3NO5S/c1-2-31-20-5-3-7-22(32)25(20)24(26-21(31)6-4-8-23(26)33)15-13-18(29)27(19(30)14-15)36-37(34,35)17-11-9-16(28)10-12-17/h9-14,24H,2-8H2,1H3. The van der Waals surface area contributed by atoms with Gasteiger partial charge in [-0.05, 0) is 74.6 Å². The van der Waals surface area contributed by atoms with Crippen molar-refractivity contribution >= 4 is 56.5 Å². The van der Waals surface area contributed by atoms with Gasteiger partial charge in [0.25, 0.3) is 0 Å². The van der Waals surface area contributed by atoms with Gasteiger partial charge in [-0.25, -0.2) is 0 Å². The lowest BCUT2D eigenvalue weighted by atomic mass is 9.71. The van der Waals surface area contributed by atoms with E-state index in [-0.39, 0.29) is 32.3 Å². The third kappa shape index (κ3) is 4.71. The van der Waals surface area contributed by atoms with Crippen LogP contribution in [0.3, 0.4) is 0 Å². The highest BCUT2D eigenvalue weighted by Crippen LogP contribution is 2.50. The van der Waals surface area contributed by atoms with E-state index >= 15 is 0 Å². The summed E-state index contributed by atoms with van der Waals surface area (Å²) < 4.78 is 31.0. The van der Waals surface area contributed by atoms with Crippen LogP contribution in [0.2, 0.25) is 15.1 Å². The van der Waals surface area contributed by atoms with E-state index in [9.17, 15) is 18.0 Å². The molecule has 2 aromatic carbocycles. The maximum atomic E-state index is 13.3. The molecule has 3 aliphatic rings. The van der Waals surface area contributed by atoms with E-state index in [2.05, 4.69) is 4.90 Å². The molecule has 2 aromatic rings. The van der Waals surface area contributed by atoms with Crippen LogP contribution >= 0.6 is 34.8 Å². The lowest BCUT2D eigenvalue weighted by Gasteiger charge is -2.43. The molecule has 0 unspecified atom stereocenters. The van der Waals surface area contributed by atoms with Gasteiger partial charge < -0.3 is 9.08 Å². The van der Waals surface area contributed by atoms with Crippen molar-refractivity contribution in [3.05, 3.63) is 79.6 Å². The number of rotatable bonds is 5. The predicted octanol–water partition coefficient (Wildman–Crippen LogP) is 6.85. The molecule has 0 bridgehead atoms. The number of hydrogen-bond acceptors (Lipinski definition) is 6. The molecule has 0 radical (unpaired) electrons. The quantitative estimate of drug-likeness (QED) is 0.360. The zero-order valence-corrected chi connectivity index (χ0v) is 23.1. The van der Waals surface area contributed by atoms with Gasteiger partial charge >= 0.3 is 10.1 Å². The number of carbonyl (C=O) groups excluding carboxylic acids is 2.